The summed E-state index contributed by atoms with van der Waals surface area (Å²) in [6.07, 6.45) is 3.81. The van der Waals surface area contributed by atoms with Crippen LogP contribution in [0.25, 0.3) is 0 Å². The monoisotopic (exact) mass is 255 g/mol. The van der Waals surface area contributed by atoms with Crippen LogP contribution in [0.2, 0.25) is 5.15 Å². The minimum Gasteiger partial charge on any atom is -0.341 e. The second kappa shape index (κ2) is 4.41. The third kappa shape index (κ3) is 1.89. The molecule has 2 aliphatic heterocycles. The highest BCUT2D eigenvalue weighted by atomic mass is 35.5. The molecule has 1 aromatic heterocycles. The minimum atomic E-state index is 0.663. The topological polar surface area (TPSA) is 29.0 Å². The molecular formula is C11H14ClN3S. The average molecular weight is 256 g/mol. The molecule has 16 heavy (non-hydrogen) atoms. The van der Waals surface area contributed by atoms with Gasteiger partial charge >= 0.3 is 0 Å². The van der Waals surface area contributed by atoms with E-state index < -0.39 is 0 Å². The maximum absolute atomic E-state index is 6.20. The molecule has 0 spiro atoms. The summed E-state index contributed by atoms with van der Waals surface area (Å²) in [5.41, 5.74) is 2.29. The molecule has 0 aliphatic carbocycles. The van der Waals surface area contributed by atoms with Crippen molar-refractivity contribution < 1.29 is 0 Å². The number of aromatic nitrogens is 2. The average Bonchev–Trinajstić information content (AvgIpc) is 2.79. The molecule has 3 heterocycles. The quantitative estimate of drug-likeness (QED) is 0.722. The number of anilines is 1. The molecule has 3 rings (SSSR count). The van der Waals surface area contributed by atoms with E-state index in [4.69, 9.17) is 11.6 Å². The van der Waals surface area contributed by atoms with Crippen molar-refractivity contribution in [2.24, 2.45) is 0 Å². The van der Waals surface area contributed by atoms with Gasteiger partial charge in [-0.1, -0.05) is 11.6 Å². The Morgan fingerprint density at radius 3 is 2.69 bits per heavy atom. The van der Waals surface area contributed by atoms with Gasteiger partial charge < -0.3 is 4.90 Å². The molecule has 0 bridgehead atoms. The van der Waals surface area contributed by atoms with Crippen molar-refractivity contribution in [3.63, 3.8) is 0 Å². The van der Waals surface area contributed by atoms with Gasteiger partial charge in [-0.2, -0.15) is 11.8 Å². The van der Waals surface area contributed by atoms with E-state index in [9.17, 15) is 0 Å². The highest BCUT2D eigenvalue weighted by Crippen LogP contribution is 2.34. The zero-order valence-electron chi connectivity index (χ0n) is 9.08. The number of rotatable bonds is 1. The van der Waals surface area contributed by atoms with E-state index in [-0.39, 0.29) is 0 Å². The van der Waals surface area contributed by atoms with E-state index in [1.165, 1.54) is 19.3 Å². The predicted octanol–water partition coefficient (Wildman–Crippen LogP) is 2.87. The first-order valence-corrected chi connectivity index (χ1v) is 7.26. The van der Waals surface area contributed by atoms with Crippen LogP contribution < -0.4 is 4.90 Å². The summed E-state index contributed by atoms with van der Waals surface area (Å²) in [7, 11) is 0. The highest BCUT2D eigenvalue weighted by Gasteiger charge is 2.21. The fourth-order valence-corrected chi connectivity index (χ4v) is 3.61. The smallest absolute Gasteiger partial charge is 0.227 e. The molecule has 1 fully saturated rings. The Labute approximate surface area is 105 Å². The Kier molecular flexibility index (Phi) is 2.94. The van der Waals surface area contributed by atoms with Gasteiger partial charge in [0.25, 0.3) is 0 Å². The van der Waals surface area contributed by atoms with E-state index in [0.717, 1.165) is 41.8 Å². The van der Waals surface area contributed by atoms with Crippen molar-refractivity contribution in [3.8, 4) is 0 Å². The third-order valence-electron chi connectivity index (χ3n) is 3.15. The van der Waals surface area contributed by atoms with Crippen molar-refractivity contribution in [3.05, 3.63) is 16.4 Å². The van der Waals surface area contributed by atoms with Crippen molar-refractivity contribution in [2.45, 2.75) is 30.8 Å². The number of halogens is 1. The lowest BCUT2D eigenvalue weighted by atomic mass is 10.1. The molecule has 0 saturated carbocycles. The molecule has 0 radical (unpaired) electrons. The van der Waals surface area contributed by atoms with Crippen LogP contribution in [0, 0.1) is 0 Å². The van der Waals surface area contributed by atoms with Crippen LogP contribution in [-0.2, 0) is 11.5 Å². The van der Waals surface area contributed by atoms with E-state index in [2.05, 4.69) is 14.9 Å². The highest BCUT2D eigenvalue weighted by molar-refractivity contribution is 7.98. The number of nitrogens with zero attached hydrogens (tertiary/aromatic N) is 3. The van der Waals surface area contributed by atoms with Crippen molar-refractivity contribution >= 4 is 29.3 Å². The summed E-state index contributed by atoms with van der Waals surface area (Å²) in [5, 5.41) is 0.663. The minimum absolute atomic E-state index is 0.663. The Morgan fingerprint density at radius 2 is 1.88 bits per heavy atom. The number of piperidine rings is 1. The van der Waals surface area contributed by atoms with Crippen LogP contribution in [0.4, 0.5) is 5.95 Å². The lowest BCUT2D eigenvalue weighted by Crippen LogP contribution is -2.31. The van der Waals surface area contributed by atoms with E-state index >= 15 is 0 Å². The Balaban J connectivity index is 1.92. The number of hydrogen-bond donors (Lipinski definition) is 0. The molecule has 86 valence electrons. The van der Waals surface area contributed by atoms with Crippen molar-refractivity contribution in [1.82, 2.24) is 9.97 Å². The largest absolute Gasteiger partial charge is 0.341 e. The van der Waals surface area contributed by atoms with E-state index in [1.807, 2.05) is 11.8 Å². The van der Waals surface area contributed by atoms with Crippen LogP contribution in [0.15, 0.2) is 0 Å². The fraction of sp³-hybridized carbons (Fsp3) is 0.636. The summed E-state index contributed by atoms with van der Waals surface area (Å²) in [6, 6.07) is 0. The van der Waals surface area contributed by atoms with E-state index in [1.54, 1.807) is 0 Å². The van der Waals surface area contributed by atoms with Gasteiger partial charge in [0.05, 0.1) is 5.69 Å². The zero-order valence-corrected chi connectivity index (χ0v) is 10.7. The van der Waals surface area contributed by atoms with Gasteiger partial charge in [-0.3, -0.25) is 0 Å². The normalized spacial score (nSPS) is 19.9. The van der Waals surface area contributed by atoms with Crippen molar-refractivity contribution in [2.75, 3.05) is 18.0 Å². The molecule has 5 heteroatoms. The van der Waals surface area contributed by atoms with Crippen molar-refractivity contribution in [1.29, 1.82) is 0 Å². The van der Waals surface area contributed by atoms with Gasteiger partial charge in [0.1, 0.15) is 5.15 Å². The SMILES string of the molecule is Clc1nc(N2CCCCC2)nc2c1CSC2. The van der Waals surface area contributed by atoms with Crippen LogP contribution in [0.1, 0.15) is 30.5 Å². The standard InChI is InChI=1S/C11H14ClN3S/c12-10-8-6-16-7-9(8)13-11(14-10)15-4-2-1-3-5-15/h1-7H2. The summed E-state index contributed by atoms with van der Waals surface area (Å²) in [4.78, 5) is 11.3. The van der Waals surface area contributed by atoms with Gasteiger partial charge in [-0.05, 0) is 19.3 Å². The van der Waals surface area contributed by atoms with Gasteiger partial charge in [-0.15, -0.1) is 0 Å². The number of hydrogen-bond acceptors (Lipinski definition) is 4. The lowest BCUT2D eigenvalue weighted by molar-refractivity contribution is 0.567. The first-order valence-electron chi connectivity index (χ1n) is 5.72. The maximum Gasteiger partial charge on any atom is 0.227 e. The Morgan fingerprint density at radius 1 is 1.06 bits per heavy atom. The molecule has 0 aromatic carbocycles. The van der Waals surface area contributed by atoms with Crippen LogP contribution in [0.5, 0.6) is 0 Å². The lowest BCUT2D eigenvalue weighted by Gasteiger charge is -2.27. The zero-order chi connectivity index (χ0) is 11.0. The summed E-state index contributed by atoms with van der Waals surface area (Å²) < 4.78 is 0. The first-order chi connectivity index (χ1) is 7.84. The second-order valence-corrected chi connectivity index (χ2v) is 5.62. The molecule has 1 saturated heterocycles. The van der Waals surface area contributed by atoms with Crippen LogP contribution in [-0.4, -0.2) is 23.1 Å². The van der Waals surface area contributed by atoms with Crippen LogP contribution >= 0.6 is 23.4 Å². The molecular weight excluding hydrogens is 242 g/mol. The Bertz CT molecular complexity index is 404. The van der Waals surface area contributed by atoms with Gasteiger partial charge in [0, 0.05) is 30.2 Å². The second-order valence-electron chi connectivity index (χ2n) is 4.28. The van der Waals surface area contributed by atoms with Gasteiger partial charge in [0.15, 0.2) is 0 Å². The predicted molar refractivity (Wildman–Crippen MR) is 68.1 cm³/mol. The molecule has 0 N–H and O–H groups in total. The van der Waals surface area contributed by atoms with Gasteiger partial charge in [-0.25, -0.2) is 9.97 Å². The summed E-state index contributed by atoms with van der Waals surface area (Å²) in [5.74, 6) is 2.79. The number of thioether (sulfide) groups is 1. The molecule has 1 aromatic rings. The van der Waals surface area contributed by atoms with E-state index in [0.29, 0.717) is 5.15 Å². The molecule has 0 atom stereocenters. The number of fused-ring (bicyclic) bond motifs is 1. The molecule has 3 nitrogen and oxygen atoms in total. The summed E-state index contributed by atoms with van der Waals surface area (Å²) in [6.45, 7) is 2.14. The molecule has 2 aliphatic rings. The van der Waals surface area contributed by atoms with Crippen LogP contribution in [0.3, 0.4) is 0 Å². The third-order valence-corrected chi connectivity index (χ3v) is 4.44. The maximum atomic E-state index is 6.20. The first kappa shape index (κ1) is 10.7. The summed E-state index contributed by atoms with van der Waals surface area (Å²) >= 11 is 8.07. The Hall–Kier alpha value is -0.480. The molecule has 0 unspecified atom stereocenters. The molecule has 0 amide bonds. The fourth-order valence-electron chi connectivity index (χ4n) is 2.23. The van der Waals surface area contributed by atoms with Gasteiger partial charge in [0.2, 0.25) is 5.95 Å².